The van der Waals surface area contributed by atoms with Crippen molar-refractivity contribution >= 4 is 21.7 Å². The molecule has 1 aliphatic rings. The Hall–Kier alpha value is -4.11. The quantitative estimate of drug-likeness (QED) is 0.357. The Balaban J connectivity index is 1.49. The molecule has 0 radical (unpaired) electrons. The van der Waals surface area contributed by atoms with E-state index in [2.05, 4.69) is 15.0 Å². The van der Waals surface area contributed by atoms with Crippen LogP contribution in [0.1, 0.15) is 29.3 Å². The fourth-order valence-electron chi connectivity index (χ4n) is 4.53. The number of carbonyl (C=O) groups excluding carboxylic acids is 1. The summed E-state index contributed by atoms with van der Waals surface area (Å²) in [4.78, 5) is 17.8. The summed E-state index contributed by atoms with van der Waals surface area (Å²) in [5, 5.41) is 2.95. The minimum Gasteiger partial charge on any atom is -0.399 e. The van der Waals surface area contributed by atoms with Crippen molar-refractivity contribution in [2.45, 2.75) is 29.7 Å². The fraction of sp³-hybridized carbons (Fsp3) is 0.154. The Morgan fingerprint density at radius 1 is 1.03 bits per heavy atom. The number of hydrogen-bond acceptors (Lipinski definition) is 5. The van der Waals surface area contributed by atoms with Gasteiger partial charge in [-0.1, -0.05) is 48.5 Å². The molecule has 0 bridgehead atoms. The number of urea groups is 1. The lowest BCUT2D eigenvalue weighted by atomic mass is 10.1. The first-order valence-corrected chi connectivity index (χ1v) is 12.6. The van der Waals surface area contributed by atoms with Crippen molar-refractivity contribution in [3.8, 4) is 5.69 Å². The molecular weight excluding hydrogens is 462 g/mol. The van der Waals surface area contributed by atoms with Crippen LogP contribution in [0.5, 0.6) is 0 Å². The molecule has 1 heterocycles. The number of hydrogen-bond donors (Lipinski definition) is 3. The molecule has 1 aliphatic carbocycles. The molecule has 1 fully saturated rings. The molecule has 4 aromatic rings. The van der Waals surface area contributed by atoms with E-state index in [1.807, 2.05) is 53.2 Å². The van der Waals surface area contributed by atoms with E-state index in [4.69, 9.17) is 5.73 Å². The molecule has 5 rings (SSSR count). The van der Waals surface area contributed by atoms with Gasteiger partial charge in [-0.25, -0.2) is 22.9 Å². The molecule has 0 saturated heterocycles. The standard InChI is InChI=1S/C26H25N5O3S/c1-18-7-5-6-10-23(18)35(33,34)30-25(32)29-26(17-22(26)19-8-3-2-4-9-19)24-28-15-16-31(24)21-13-11-20(27)12-14-21/h2-16,22H,17,27H2,1H3,(H2,29,30,32). The van der Waals surface area contributed by atoms with E-state index in [9.17, 15) is 13.2 Å². The lowest BCUT2D eigenvalue weighted by Crippen LogP contribution is -2.46. The number of imidazole rings is 1. The van der Waals surface area contributed by atoms with Gasteiger partial charge in [-0.2, -0.15) is 0 Å². The number of aryl methyl sites for hydroxylation is 1. The van der Waals surface area contributed by atoms with Gasteiger partial charge in [0.25, 0.3) is 10.0 Å². The average molecular weight is 488 g/mol. The van der Waals surface area contributed by atoms with Gasteiger partial charge >= 0.3 is 6.03 Å². The zero-order chi connectivity index (χ0) is 24.6. The number of nitrogens with one attached hydrogen (secondary N) is 2. The van der Waals surface area contributed by atoms with Crippen LogP contribution in [0.15, 0.2) is 96.2 Å². The summed E-state index contributed by atoms with van der Waals surface area (Å²) in [7, 11) is -4.06. The predicted octanol–water partition coefficient (Wildman–Crippen LogP) is 3.83. The molecule has 2 atom stereocenters. The fourth-order valence-corrected chi connectivity index (χ4v) is 5.69. The predicted molar refractivity (Wildman–Crippen MR) is 133 cm³/mol. The van der Waals surface area contributed by atoms with Crippen LogP contribution in [0.3, 0.4) is 0 Å². The highest BCUT2D eigenvalue weighted by Crippen LogP contribution is 2.58. The second-order valence-electron chi connectivity index (χ2n) is 8.68. The lowest BCUT2D eigenvalue weighted by molar-refractivity contribution is 0.239. The van der Waals surface area contributed by atoms with Crippen LogP contribution in [-0.2, 0) is 15.6 Å². The van der Waals surface area contributed by atoms with Gasteiger partial charge in [-0.15, -0.1) is 0 Å². The molecule has 1 aromatic heterocycles. The van der Waals surface area contributed by atoms with Crippen molar-refractivity contribution in [1.29, 1.82) is 0 Å². The summed E-state index contributed by atoms with van der Waals surface area (Å²) < 4.78 is 29.9. The van der Waals surface area contributed by atoms with Crippen molar-refractivity contribution in [2.24, 2.45) is 0 Å². The summed E-state index contributed by atoms with van der Waals surface area (Å²) in [5.74, 6) is 0.533. The Labute approximate surface area is 203 Å². The first-order valence-electron chi connectivity index (χ1n) is 11.2. The molecule has 8 nitrogen and oxygen atoms in total. The third kappa shape index (κ3) is 4.26. The maximum atomic E-state index is 13.1. The van der Waals surface area contributed by atoms with Gasteiger partial charge < -0.3 is 15.6 Å². The first kappa shape index (κ1) is 22.7. The van der Waals surface area contributed by atoms with Gasteiger partial charge in [0, 0.05) is 29.7 Å². The van der Waals surface area contributed by atoms with Crippen LogP contribution < -0.4 is 15.8 Å². The van der Waals surface area contributed by atoms with Crippen LogP contribution in [-0.4, -0.2) is 24.0 Å². The maximum Gasteiger partial charge on any atom is 0.329 e. The maximum absolute atomic E-state index is 13.1. The molecule has 2 unspecified atom stereocenters. The Morgan fingerprint density at radius 3 is 2.43 bits per heavy atom. The van der Waals surface area contributed by atoms with E-state index in [-0.39, 0.29) is 10.8 Å². The highest BCUT2D eigenvalue weighted by molar-refractivity contribution is 7.90. The van der Waals surface area contributed by atoms with Crippen molar-refractivity contribution in [2.75, 3.05) is 5.73 Å². The van der Waals surface area contributed by atoms with Crippen molar-refractivity contribution in [3.63, 3.8) is 0 Å². The number of benzene rings is 3. The highest BCUT2D eigenvalue weighted by Gasteiger charge is 2.60. The molecule has 0 aliphatic heterocycles. The van der Waals surface area contributed by atoms with E-state index in [1.165, 1.54) is 6.07 Å². The summed E-state index contributed by atoms with van der Waals surface area (Å²) >= 11 is 0. The summed E-state index contributed by atoms with van der Waals surface area (Å²) in [6.07, 6.45) is 4.05. The number of nitrogens with two attached hydrogens (primary N) is 1. The zero-order valence-electron chi connectivity index (χ0n) is 19.0. The monoisotopic (exact) mass is 487 g/mol. The molecule has 1 saturated carbocycles. The Bertz CT molecular complexity index is 1480. The number of nitrogens with zero attached hydrogens (tertiary/aromatic N) is 2. The molecule has 0 spiro atoms. The lowest BCUT2D eigenvalue weighted by Gasteiger charge is -2.22. The number of sulfonamides is 1. The first-order chi connectivity index (χ1) is 16.8. The van der Waals surface area contributed by atoms with Crippen LogP contribution in [0.25, 0.3) is 5.69 Å². The minimum atomic E-state index is -4.06. The smallest absolute Gasteiger partial charge is 0.329 e. The normalized spacial score (nSPS) is 19.2. The second kappa shape index (κ2) is 8.59. The van der Waals surface area contributed by atoms with E-state index in [1.54, 1.807) is 43.5 Å². The molecule has 3 aromatic carbocycles. The number of aromatic nitrogens is 2. The number of amides is 2. The van der Waals surface area contributed by atoms with E-state index in [0.29, 0.717) is 23.5 Å². The summed E-state index contributed by atoms with van der Waals surface area (Å²) in [6.45, 7) is 1.68. The van der Waals surface area contributed by atoms with Gasteiger partial charge in [0.1, 0.15) is 11.4 Å². The summed E-state index contributed by atoms with van der Waals surface area (Å²) in [5.41, 5.74) is 8.01. The van der Waals surface area contributed by atoms with Gasteiger partial charge in [0.15, 0.2) is 0 Å². The van der Waals surface area contributed by atoms with Crippen molar-refractivity contribution in [1.82, 2.24) is 19.6 Å². The minimum absolute atomic E-state index is 0.0583. The third-order valence-corrected chi connectivity index (χ3v) is 7.81. The number of carbonyl (C=O) groups is 1. The zero-order valence-corrected chi connectivity index (χ0v) is 19.9. The van der Waals surface area contributed by atoms with E-state index >= 15 is 0 Å². The van der Waals surface area contributed by atoms with Gasteiger partial charge in [0.05, 0.1) is 4.90 Å². The average Bonchev–Trinajstić information content (AvgIpc) is 3.32. The topological polar surface area (TPSA) is 119 Å². The van der Waals surface area contributed by atoms with E-state index in [0.717, 1.165) is 11.3 Å². The highest BCUT2D eigenvalue weighted by atomic mass is 32.2. The third-order valence-electron chi connectivity index (χ3n) is 6.32. The molecule has 4 N–H and O–H groups in total. The second-order valence-corrected chi connectivity index (χ2v) is 10.3. The van der Waals surface area contributed by atoms with Crippen LogP contribution in [0, 0.1) is 6.92 Å². The molecule has 35 heavy (non-hydrogen) atoms. The molecule has 178 valence electrons. The van der Waals surface area contributed by atoms with Crippen LogP contribution >= 0.6 is 0 Å². The van der Waals surface area contributed by atoms with Gasteiger partial charge in [-0.3, -0.25) is 0 Å². The largest absolute Gasteiger partial charge is 0.399 e. The molecule has 9 heteroatoms. The molecule has 2 amide bonds. The Kier molecular flexibility index (Phi) is 5.56. The van der Waals surface area contributed by atoms with E-state index < -0.39 is 21.6 Å². The van der Waals surface area contributed by atoms with Gasteiger partial charge in [-0.05, 0) is 54.8 Å². The number of anilines is 1. The molecular formula is C26H25N5O3S. The van der Waals surface area contributed by atoms with Gasteiger partial charge in [0.2, 0.25) is 0 Å². The van der Waals surface area contributed by atoms with Crippen molar-refractivity contribution < 1.29 is 13.2 Å². The Morgan fingerprint density at radius 2 is 1.71 bits per heavy atom. The van der Waals surface area contributed by atoms with Crippen molar-refractivity contribution in [3.05, 3.63) is 108 Å². The van der Waals surface area contributed by atoms with Crippen LogP contribution in [0.4, 0.5) is 10.5 Å². The number of rotatable bonds is 6. The van der Waals surface area contributed by atoms with Crippen LogP contribution in [0.2, 0.25) is 0 Å². The number of nitrogen functional groups attached to an aromatic ring is 1. The summed E-state index contributed by atoms with van der Waals surface area (Å²) in [6, 6.07) is 22.8. The SMILES string of the molecule is Cc1ccccc1S(=O)(=O)NC(=O)NC1(c2nccn2-c2ccc(N)cc2)CC1c1ccccc1.